The molecule has 0 spiro atoms. The highest BCUT2D eigenvalue weighted by molar-refractivity contribution is 7.92. The molecule has 1 amide bonds. The van der Waals surface area contributed by atoms with E-state index in [1.165, 1.54) is 38.8 Å². The van der Waals surface area contributed by atoms with Crippen LogP contribution < -0.4 is 9.21 Å². The zero-order valence-electron chi connectivity index (χ0n) is 15.5. The average molecular weight is 448 g/mol. The summed E-state index contributed by atoms with van der Waals surface area (Å²) >= 11 is 7.24. The van der Waals surface area contributed by atoms with Crippen LogP contribution in [0.4, 0.5) is 10.8 Å². The third-order valence-electron chi connectivity index (χ3n) is 4.09. The number of sulfonamides is 1. The van der Waals surface area contributed by atoms with Crippen molar-refractivity contribution >= 4 is 49.7 Å². The standard InChI is InChI=1S/C20H18ClN3O3S2/c1-3-12-24(17-9-7-16(21)8-10-17)29(26,27)18-6-4-5-15(14-18)19(25)23(2)20-22-11-13-28-20/h3-11,13-14H,1,12H2,2H3. The molecule has 1 aromatic heterocycles. The number of anilines is 2. The van der Waals surface area contributed by atoms with Crippen molar-refractivity contribution in [3.8, 4) is 0 Å². The van der Waals surface area contributed by atoms with Gasteiger partial charge in [0.1, 0.15) is 0 Å². The van der Waals surface area contributed by atoms with E-state index >= 15 is 0 Å². The SMILES string of the molecule is C=CCN(c1ccc(Cl)cc1)S(=O)(=O)c1cccc(C(=O)N(C)c2nccs2)c1. The number of nitrogens with zero attached hydrogens (tertiary/aromatic N) is 3. The first-order valence-electron chi connectivity index (χ1n) is 8.51. The maximum absolute atomic E-state index is 13.3. The number of amides is 1. The van der Waals surface area contributed by atoms with Crippen molar-refractivity contribution < 1.29 is 13.2 Å². The highest BCUT2D eigenvalue weighted by Gasteiger charge is 2.26. The quantitative estimate of drug-likeness (QED) is 0.501. The molecule has 0 saturated carbocycles. The third-order valence-corrected chi connectivity index (χ3v) is 6.98. The molecular weight excluding hydrogens is 430 g/mol. The van der Waals surface area contributed by atoms with E-state index in [9.17, 15) is 13.2 Å². The summed E-state index contributed by atoms with van der Waals surface area (Å²) in [5.74, 6) is -0.348. The predicted molar refractivity (Wildman–Crippen MR) is 117 cm³/mol. The number of carbonyl (C=O) groups excluding carboxylic acids is 1. The van der Waals surface area contributed by atoms with Gasteiger partial charge in [-0.25, -0.2) is 13.4 Å². The molecule has 150 valence electrons. The van der Waals surface area contributed by atoms with Crippen molar-refractivity contribution in [2.45, 2.75) is 4.90 Å². The maximum Gasteiger partial charge on any atom is 0.264 e. The van der Waals surface area contributed by atoms with Crippen LogP contribution in [0, 0.1) is 0 Å². The molecule has 0 radical (unpaired) electrons. The summed E-state index contributed by atoms with van der Waals surface area (Å²) in [5, 5.41) is 2.79. The minimum Gasteiger partial charge on any atom is -0.287 e. The Morgan fingerprint density at radius 1 is 1.24 bits per heavy atom. The second-order valence-corrected chi connectivity index (χ2v) is 9.18. The summed E-state index contributed by atoms with van der Waals surface area (Å²) in [6.07, 6.45) is 3.10. The first-order valence-corrected chi connectivity index (χ1v) is 11.2. The Morgan fingerprint density at radius 3 is 2.59 bits per heavy atom. The van der Waals surface area contributed by atoms with Gasteiger partial charge in [-0.1, -0.05) is 23.7 Å². The van der Waals surface area contributed by atoms with Gasteiger partial charge in [-0.3, -0.25) is 14.0 Å². The fourth-order valence-corrected chi connectivity index (χ4v) is 4.86. The highest BCUT2D eigenvalue weighted by Crippen LogP contribution is 2.26. The van der Waals surface area contributed by atoms with Gasteiger partial charge in [0.15, 0.2) is 5.13 Å². The number of aromatic nitrogens is 1. The van der Waals surface area contributed by atoms with Gasteiger partial charge in [-0.05, 0) is 42.5 Å². The van der Waals surface area contributed by atoms with E-state index in [0.29, 0.717) is 15.8 Å². The summed E-state index contributed by atoms with van der Waals surface area (Å²) in [4.78, 5) is 18.3. The lowest BCUT2D eigenvalue weighted by Crippen LogP contribution is -2.31. The number of rotatable bonds is 7. The van der Waals surface area contributed by atoms with E-state index in [2.05, 4.69) is 11.6 Å². The van der Waals surface area contributed by atoms with E-state index < -0.39 is 10.0 Å². The van der Waals surface area contributed by atoms with Gasteiger partial charge in [0.2, 0.25) is 0 Å². The molecule has 2 aromatic carbocycles. The van der Waals surface area contributed by atoms with E-state index in [1.54, 1.807) is 55.0 Å². The van der Waals surface area contributed by atoms with Gasteiger partial charge in [0.05, 0.1) is 17.1 Å². The van der Waals surface area contributed by atoms with Crippen LogP contribution in [-0.4, -0.2) is 32.9 Å². The van der Waals surface area contributed by atoms with Crippen LogP contribution in [0.15, 0.2) is 77.7 Å². The van der Waals surface area contributed by atoms with E-state index in [0.717, 1.165) is 0 Å². The summed E-state index contributed by atoms with van der Waals surface area (Å²) in [6, 6.07) is 12.4. The fraction of sp³-hybridized carbons (Fsp3) is 0.100. The van der Waals surface area contributed by atoms with Crippen LogP contribution in [0.5, 0.6) is 0 Å². The normalized spacial score (nSPS) is 11.1. The monoisotopic (exact) mass is 447 g/mol. The number of benzene rings is 2. The Hall–Kier alpha value is -2.68. The van der Waals surface area contributed by atoms with E-state index in [-0.39, 0.29) is 22.9 Å². The Bertz CT molecular complexity index is 1110. The van der Waals surface area contributed by atoms with Gasteiger partial charge < -0.3 is 0 Å². The van der Waals surface area contributed by atoms with Gasteiger partial charge in [0, 0.05) is 29.2 Å². The van der Waals surface area contributed by atoms with Crippen LogP contribution in [0.25, 0.3) is 0 Å². The summed E-state index contributed by atoms with van der Waals surface area (Å²) < 4.78 is 27.8. The summed E-state index contributed by atoms with van der Waals surface area (Å²) in [7, 11) is -2.33. The number of carbonyl (C=O) groups is 1. The van der Waals surface area contributed by atoms with Gasteiger partial charge in [0.25, 0.3) is 15.9 Å². The van der Waals surface area contributed by atoms with E-state index in [4.69, 9.17) is 11.6 Å². The summed E-state index contributed by atoms with van der Waals surface area (Å²) in [6.45, 7) is 3.72. The molecular formula is C20H18ClN3O3S2. The van der Waals surface area contributed by atoms with Crippen LogP contribution in [0.1, 0.15) is 10.4 Å². The van der Waals surface area contributed by atoms with Crippen molar-refractivity contribution in [1.82, 2.24) is 4.98 Å². The number of hydrogen-bond acceptors (Lipinski definition) is 5. The van der Waals surface area contributed by atoms with Crippen LogP contribution in [0.2, 0.25) is 5.02 Å². The molecule has 1 heterocycles. The topological polar surface area (TPSA) is 70.6 Å². The number of hydrogen-bond donors (Lipinski definition) is 0. The number of halogens is 1. The zero-order chi connectivity index (χ0) is 21.0. The minimum atomic E-state index is -3.93. The second-order valence-electron chi connectivity index (χ2n) is 6.01. The molecule has 0 aliphatic rings. The lowest BCUT2D eigenvalue weighted by molar-refractivity contribution is 0.0992. The lowest BCUT2D eigenvalue weighted by Gasteiger charge is -2.23. The second kappa shape index (κ2) is 8.77. The molecule has 9 heteroatoms. The number of thiazole rings is 1. The molecule has 0 aliphatic heterocycles. The molecule has 29 heavy (non-hydrogen) atoms. The van der Waals surface area contributed by atoms with Crippen molar-refractivity contribution in [1.29, 1.82) is 0 Å². The molecule has 3 rings (SSSR count). The van der Waals surface area contributed by atoms with Crippen LogP contribution in [-0.2, 0) is 10.0 Å². The van der Waals surface area contributed by atoms with Crippen molar-refractivity contribution in [3.63, 3.8) is 0 Å². The molecule has 0 fully saturated rings. The summed E-state index contributed by atoms with van der Waals surface area (Å²) in [5.41, 5.74) is 0.698. The molecule has 6 nitrogen and oxygen atoms in total. The largest absolute Gasteiger partial charge is 0.287 e. The average Bonchev–Trinajstić information content (AvgIpc) is 3.26. The van der Waals surface area contributed by atoms with Crippen molar-refractivity contribution in [2.75, 3.05) is 22.8 Å². The van der Waals surface area contributed by atoms with Gasteiger partial charge >= 0.3 is 0 Å². The lowest BCUT2D eigenvalue weighted by atomic mass is 10.2. The Labute approximate surface area is 178 Å². The van der Waals surface area contributed by atoms with Crippen molar-refractivity contribution in [2.24, 2.45) is 0 Å². The maximum atomic E-state index is 13.3. The molecule has 0 saturated heterocycles. The first-order chi connectivity index (χ1) is 13.8. The molecule has 0 bridgehead atoms. The van der Waals surface area contributed by atoms with Gasteiger partial charge in [-0.2, -0.15) is 0 Å². The van der Waals surface area contributed by atoms with E-state index in [1.807, 2.05) is 0 Å². The van der Waals surface area contributed by atoms with Crippen LogP contribution in [0.3, 0.4) is 0 Å². The third kappa shape index (κ3) is 4.50. The Kier molecular flexibility index (Phi) is 6.36. The molecule has 3 aromatic rings. The molecule has 0 N–H and O–H groups in total. The fourth-order valence-electron chi connectivity index (χ4n) is 2.65. The molecule has 0 aliphatic carbocycles. The Morgan fingerprint density at radius 2 is 1.97 bits per heavy atom. The van der Waals surface area contributed by atoms with Crippen LogP contribution >= 0.6 is 22.9 Å². The minimum absolute atomic E-state index is 0.00712. The molecule has 0 atom stereocenters. The van der Waals surface area contributed by atoms with Crippen molar-refractivity contribution in [3.05, 3.63) is 83.3 Å². The smallest absolute Gasteiger partial charge is 0.264 e. The highest BCUT2D eigenvalue weighted by atomic mass is 35.5. The predicted octanol–water partition coefficient (Wildman–Crippen LogP) is 4.45. The first kappa shape index (κ1) is 21.0. The zero-order valence-corrected chi connectivity index (χ0v) is 17.9. The van der Waals surface area contributed by atoms with Gasteiger partial charge in [-0.15, -0.1) is 17.9 Å². The Balaban J connectivity index is 1.97. The molecule has 0 unspecified atom stereocenters.